The van der Waals surface area contributed by atoms with E-state index in [-0.39, 0.29) is 24.8 Å². The first-order chi connectivity index (χ1) is 13.6. The van der Waals surface area contributed by atoms with Crippen molar-refractivity contribution in [1.29, 1.82) is 0 Å². The Morgan fingerprint density at radius 1 is 1.14 bits per heavy atom. The summed E-state index contributed by atoms with van der Waals surface area (Å²) in [5.74, 6) is 1.79. The molecule has 0 unspecified atom stereocenters. The second-order valence-electron chi connectivity index (χ2n) is 6.17. The van der Waals surface area contributed by atoms with Crippen LogP contribution in [0.3, 0.4) is 0 Å². The number of nitrogens with zero attached hydrogens (tertiary/aromatic N) is 1. The van der Waals surface area contributed by atoms with Gasteiger partial charge >= 0.3 is 0 Å². The maximum Gasteiger partial charge on any atom is 0.254 e. The maximum absolute atomic E-state index is 12.5. The highest BCUT2D eigenvalue weighted by Crippen LogP contribution is 2.24. The molecule has 0 aliphatic carbocycles. The molecule has 0 bridgehead atoms. The zero-order valence-corrected chi connectivity index (χ0v) is 16.2. The number of aryl methyl sites for hydroxylation is 1. The zero-order valence-electron chi connectivity index (χ0n) is 15.4. The molecule has 3 rings (SSSR count). The lowest BCUT2D eigenvalue weighted by Crippen LogP contribution is -2.25. The molecule has 1 heterocycles. The van der Waals surface area contributed by atoms with E-state index in [1.807, 2.05) is 36.6 Å². The second kappa shape index (κ2) is 8.98. The zero-order chi connectivity index (χ0) is 19.9. The fourth-order valence-corrected chi connectivity index (χ4v) is 3.42. The van der Waals surface area contributed by atoms with Crippen molar-refractivity contribution in [2.75, 3.05) is 11.9 Å². The van der Waals surface area contributed by atoms with E-state index >= 15 is 0 Å². The summed E-state index contributed by atoms with van der Waals surface area (Å²) in [6, 6.07) is 14.9. The number of amides is 2. The van der Waals surface area contributed by atoms with Crippen LogP contribution < -0.4 is 10.6 Å². The van der Waals surface area contributed by atoms with E-state index in [1.165, 1.54) is 16.9 Å². The van der Waals surface area contributed by atoms with Crippen LogP contribution in [0.2, 0.25) is 0 Å². The molecule has 2 aromatic carbocycles. The van der Waals surface area contributed by atoms with Gasteiger partial charge in [-0.25, -0.2) is 4.98 Å². The Morgan fingerprint density at radius 2 is 1.89 bits per heavy atom. The fourth-order valence-electron chi connectivity index (χ4n) is 2.59. The summed E-state index contributed by atoms with van der Waals surface area (Å²) in [4.78, 5) is 29.2. The Kier molecular flexibility index (Phi) is 6.20. The maximum atomic E-state index is 12.5. The number of thiazole rings is 1. The normalized spacial score (nSPS) is 10.1. The molecule has 0 atom stereocenters. The third-order valence-electron chi connectivity index (χ3n) is 3.99. The highest BCUT2D eigenvalue weighted by Gasteiger charge is 2.14. The molecule has 2 N–H and O–H groups in total. The van der Waals surface area contributed by atoms with Crippen molar-refractivity contribution in [2.24, 2.45) is 0 Å². The van der Waals surface area contributed by atoms with Crippen LogP contribution in [-0.2, 0) is 11.2 Å². The van der Waals surface area contributed by atoms with Gasteiger partial charge in [-0.3, -0.25) is 9.59 Å². The largest absolute Gasteiger partial charge is 0.341 e. The van der Waals surface area contributed by atoms with E-state index in [9.17, 15) is 9.59 Å². The predicted octanol–water partition coefficient (Wildman–Crippen LogP) is 3.66. The molecule has 28 heavy (non-hydrogen) atoms. The lowest BCUT2D eigenvalue weighted by atomic mass is 10.1. The Hall–Kier alpha value is -3.43. The molecule has 0 saturated carbocycles. The molecule has 0 spiro atoms. The molecule has 2 amide bonds. The lowest BCUT2D eigenvalue weighted by Gasteiger charge is -2.10. The number of rotatable bonds is 6. The minimum atomic E-state index is -0.329. The fraction of sp³-hybridized carbons (Fsp3) is 0.136. The smallest absolute Gasteiger partial charge is 0.254 e. The summed E-state index contributed by atoms with van der Waals surface area (Å²) < 4.78 is 0. The van der Waals surface area contributed by atoms with Crippen molar-refractivity contribution in [2.45, 2.75) is 13.3 Å². The number of carbonyl (C=O) groups excluding carboxylic acids is 2. The number of nitrogens with one attached hydrogen (secondary N) is 2. The first-order valence-electron chi connectivity index (χ1n) is 8.69. The molecule has 6 heteroatoms. The van der Waals surface area contributed by atoms with Crippen LogP contribution in [0, 0.1) is 19.3 Å². The van der Waals surface area contributed by atoms with Crippen LogP contribution in [0.15, 0.2) is 53.9 Å². The van der Waals surface area contributed by atoms with Gasteiger partial charge in [-0.1, -0.05) is 47.9 Å². The van der Waals surface area contributed by atoms with Crippen LogP contribution in [0.5, 0.6) is 0 Å². The van der Waals surface area contributed by atoms with Crippen molar-refractivity contribution in [3.8, 4) is 22.9 Å². The van der Waals surface area contributed by atoms with Gasteiger partial charge in [0, 0.05) is 10.9 Å². The summed E-state index contributed by atoms with van der Waals surface area (Å²) in [6.07, 6.45) is 5.30. The third kappa shape index (κ3) is 4.84. The highest BCUT2D eigenvalue weighted by atomic mass is 32.1. The van der Waals surface area contributed by atoms with Crippen molar-refractivity contribution < 1.29 is 9.59 Å². The topological polar surface area (TPSA) is 71.1 Å². The summed E-state index contributed by atoms with van der Waals surface area (Å²) in [6.45, 7) is 2.16. The van der Waals surface area contributed by atoms with Gasteiger partial charge in [0.25, 0.3) is 5.91 Å². The summed E-state index contributed by atoms with van der Waals surface area (Å²) >= 11 is 1.50. The van der Waals surface area contributed by atoms with Crippen LogP contribution in [0.4, 0.5) is 5.69 Å². The van der Waals surface area contributed by atoms with Crippen molar-refractivity contribution in [3.05, 3.63) is 70.7 Å². The molecule has 5 nitrogen and oxygen atoms in total. The number of para-hydroxylation sites is 1. The predicted molar refractivity (Wildman–Crippen MR) is 112 cm³/mol. The molecule has 140 valence electrons. The molecule has 0 aliphatic rings. The molecule has 0 saturated heterocycles. The molecule has 0 radical (unpaired) electrons. The average Bonchev–Trinajstić information content (AvgIpc) is 3.15. The molecule has 1 aromatic heterocycles. The Labute approximate surface area is 167 Å². The lowest BCUT2D eigenvalue weighted by molar-refractivity contribution is -0.115. The van der Waals surface area contributed by atoms with E-state index in [4.69, 9.17) is 6.42 Å². The van der Waals surface area contributed by atoms with Gasteiger partial charge in [-0.15, -0.1) is 17.8 Å². The Balaban J connectivity index is 1.68. The minimum Gasteiger partial charge on any atom is -0.341 e. The quantitative estimate of drug-likeness (QED) is 0.632. The van der Waals surface area contributed by atoms with E-state index in [0.717, 1.165) is 10.6 Å². The van der Waals surface area contributed by atoms with E-state index < -0.39 is 0 Å². The Bertz CT molecular complexity index is 1030. The van der Waals surface area contributed by atoms with Crippen LogP contribution in [0.1, 0.15) is 21.6 Å². The van der Waals surface area contributed by atoms with Crippen LogP contribution in [-0.4, -0.2) is 23.3 Å². The standard InChI is InChI=1S/C22H19N3O2S/c1-3-12-23-21(27)18-6-4-5-7-19(18)25-20(26)13-17-14-28-22(24-17)16-10-8-15(2)9-11-16/h1,4-11,14H,12-13H2,2H3,(H,23,27)(H,25,26). The molecule has 0 aliphatic heterocycles. The summed E-state index contributed by atoms with van der Waals surface area (Å²) in [5, 5.41) is 8.13. The molecule has 3 aromatic rings. The second-order valence-corrected chi connectivity index (χ2v) is 7.03. The number of benzene rings is 2. The number of carbonyl (C=O) groups is 2. The highest BCUT2D eigenvalue weighted by molar-refractivity contribution is 7.13. The van der Waals surface area contributed by atoms with Gasteiger partial charge in [0.05, 0.1) is 29.9 Å². The van der Waals surface area contributed by atoms with Crippen molar-refractivity contribution in [1.82, 2.24) is 10.3 Å². The summed E-state index contributed by atoms with van der Waals surface area (Å²) in [7, 11) is 0. The van der Waals surface area contributed by atoms with E-state index in [0.29, 0.717) is 16.9 Å². The van der Waals surface area contributed by atoms with Crippen LogP contribution in [0.25, 0.3) is 10.6 Å². The first-order valence-corrected chi connectivity index (χ1v) is 9.57. The van der Waals surface area contributed by atoms with E-state index in [2.05, 4.69) is 21.5 Å². The first kappa shape index (κ1) is 19.3. The molecular weight excluding hydrogens is 370 g/mol. The number of terminal acetylenes is 1. The Morgan fingerprint density at radius 3 is 2.64 bits per heavy atom. The average molecular weight is 389 g/mol. The van der Waals surface area contributed by atoms with Crippen molar-refractivity contribution >= 4 is 28.8 Å². The van der Waals surface area contributed by atoms with E-state index in [1.54, 1.807) is 24.3 Å². The van der Waals surface area contributed by atoms with Gasteiger partial charge < -0.3 is 10.6 Å². The number of hydrogen-bond acceptors (Lipinski definition) is 4. The molecule has 0 fully saturated rings. The van der Waals surface area contributed by atoms with Gasteiger partial charge in [0.15, 0.2) is 0 Å². The van der Waals surface area contributed by atoms with Gasteiger partial charge in [0.1, 0.15) is 5.01 Å². The third-order valence-corrected chi connectivity index (χ3v) is 4.93. The van der Waals surface area contributed by atoms with Gasteiger partial charge in [0.2, 0.25) is 5.91 Å². The van der Waals surface area contributed by atoms with Crippen molar-refractivity contribution in [3.63, 3.8) is 0 Å². The SMILES string of the molecule is C#CCNC(=O)c1ccccc1NC(=O)Cc1csc(-c2ccc(C)cc2)n1. The van der Waals surface area contributed by atoms with Gasteiger partial charge in [-0.2, -0.15) is 0 Å². The minimum absolute atomic E-state index is 0.127. The molecular formula is C22H19N3O2S. The van der Waals surface area contributed by atoms with Gasteiger partial charge in [-0.05, 0) is 19.1 Å². The number of anilines is 1. The monoisotopic (exact) mass is 389 g/mol. The number of aromatic nitrogens is 1. The summed E-state index contributed by atoms with van der Waals surface area (Å²) in [5.41, 5.74) is 3.70. The van der Waals surface area contributed by atoms with Crippen LogP contribution >= 0.6 is 11.3 Å². The number of hydrogen-bond donors (Lipinski definition) is 2.